The number of aryl methyl sites for hydroxylation is 1. The SMILES string of the molecule is CCNC(=O)c1cccc(NC(=O)COC(=O)c2c(C)noc2C(C)C)c1. The first-order chi connectivity index (χ1) is 12.8. The lowest BCUT2D eigenvalue weighted by atomic mass is 10.1. The van der Waals surface area contributed by atoms with Gasteiger partial charge in [0.05, 0.1) is 5.69 Å². The molecule has 1 heterocycles. The van der Waals surface area contributed by atoms with Crippen LogP contribution in [0.1, 0.15) is 58.9 Å². The molecule has 0 aliphatic carbocycles. The quantitative estimate of drug-likeness (QED) is 0.722. The van der Waals surface area contributed by atoms with E-state index < -0.39 is 18.5 Å². The summed E-state index contributed by atoms with van der Waals surface area (Å²) in [7, 11) is 0. The van der Waals surface area contributed by atoms with E-state index in [0.717, 1.165) is 0 Å². The van der Waals surface area contributed by atoms with Gasteiger partial charge in [-0.05, 0) is 32.0 Å². The van der Waals surface area contributed by atoms with E-state index in [4.69, 9.17) is 9.26 Å². The Morgan fingerprint density at radius 3 is 2.67 bits per heavy atom. The predicted octanol–water partition coefficient (Wildman–Crippen LogP) is 2.65. The van der Waals surface area contributed by atoms with Gasteiger partial charge in [-0.2, -0.15) is 0 Å². The fourth-order valence-corrected chi connectivity index (χ4v) is 2.43. The van der Waals surface area contributed by atoms with Gasteiger partial charge in [-0.15, -0.1) is 0 Å². The Morgan fingerprint density at radius 1 is 1.26 bits per heavy atom. The number of carbonyl (C=O) groups excluding carboxylic acids is 3. The Bertz CT molecular complexity index is 842. The van der Waals surface area contributed by atoms with Crippen LogP contribution in [0.4, 0.5) is 5.69 Å². The maximum absolute atomic E-state index is 12.3. The van der Waals surface area contributed by atoms with Crippen LogP contribution in [0.5, 0.6) is 0 Å². The molecule has 2 rings (SSSR count). The number of nitrogens with zero attached hydrogens (tertiary/aromatic N) is 1. The van der Waals surface area contributed by atoms with Crippen LogP contribution in [0.15, 0.2) is 28.8 Å². The van der Waals surface area contributed by atoms with E-state index >= 15 is 0 Å². The van der Waals surface area contributed by atoms with Crippen LogP contribution >= 0.6 is 0 Å². The number of rotatable bonds is 7. The largest absolute Gasteiger partial charge is 0.452 e. The van der Waals surface area contributed by atoms with Gasteiger partial charge in [0.25, 0.3) is 11.8 Å². The van der Waals surface area contributed by atoms with E-state index in [1.807, 2.05) is 20.8 Å². The average molecular weight is 373 g/mol. The summed E-state index contributed by atoms with van der Waals surface area (Å²) in [5, 5.41) is 9.06. The van der Waals surface area contributed by atoms with Crippen LogP contribution in [-0.4, -0.2) is 36.1 Å². The number of benzene rings is 1. The molecule has 2 N–H and O–H groups in total. The fourth-order valence-electron chi connectivity index (χ4n) is 2.43. The summed E-state index contributed by atoms with van der Waals surface area (Å²) in [6.45, 7) is 7.23. The molecule has 0 radical (unpaired) electrons. The smallest absolute Gasteiger partial charge is 0.344 e. The van der Waals surface area contributed by atoms with Gasteiger partial charge in [0.15, 0.2) is 12.4 Å². The van der Waals surface area contributed by atoms with Gasteiger partial charge in [0.2, 0.25) is 0 Å². The third-order valence-electron chi connectivity index (χ3n) is 3.70. The number of hydrogen-bond donors (Lipinski definition) is 2. The molecule has 2 aromatic rings. The molecule has 0 unspecified atom stereocenters. The second-order valence-corrected chi connectivity index (χ2v) is 6.23. The summed E-state index contributed by atoms with van der Waals surface area (Å²) < 4.78 is 10.2. The lowest BCUT2D eigenvalue weighted by molar-refractivity contribution is -0.119. The topological polar surface area (TPSA) is 111 Å². The third kappa shape index (κ3) is 5.16. The van der Waals surface area contributed by atoms with Gasteiger partial charge < -0.3 is 19.9 Å². The molecule has 0 spiro atoms. The molecular weight excluding hydrogens is 350 g/mol. The first-order valence-electron chi connectivity index (χ1n) is 8.64. The Balaban J connectivity index is 1.97. The molecule has 0 aliphatic rings. The number of carbonyl (C=O) groups is 3. The summed E-state index contributed by atoms with van der Waals surface area (Å²) >= 11 is 0. The van der Waals surface area contributed by atoms with Crippen molar-refractivity contribution >= 4 is 23.5 Å². The van der Waals surface area contributed by atoms with Crippen LogP contribution in [-0.2, 0) is 9.53 Å². The number of aromatic nitrogens is 1. The number of anilines is 1. The lowest BCUT2D eigenvalue weighted by Gasteiger charge is -2.09. The molecule has 2 amide bonds. The molecule has 0 aliphatic heterocycles. The third-order valence-corrected chi connectivity index (χ3v) is 3.70. The van der Waals surface area contributed by atoms with E-state index in [0.29, 0.717) is 29.2 Å². The van der Waals surface area contributed by atoms with Crippen molar-refractivity contribution in [3.63, 3.8) is 0 Å². The molecule has 144 valence electrons. The van der Waals surface area contributed by atoms with Crippen molar-refractivity contribution < 1.29 is 23.6 Å². The number of esters is 1. The number of amides is 2. The summed E-state index contributed by atoms with van der Waals surface area (Å²) in [5.41, 5.74) is 1.52. The highest BCUT2D eigenvalue weighted by atomic mass is 16.5. The van der Waals surface area contributed by atoms with Crippen LogP contribution in [0.2, 0.25) is 0 Å². The Hall–Kier alpha value is -3.16. The van der Waals surface area contributed by atoms with Crippen LogP contribution in [0.25, 0.3) is 0 Å². The normalized spacial score (nSPS) is 10.6. The van der Waals surface area contributed by atoms with Crippen molar-refractivity contribution in [2.75, 3.05) is 18.5 Å². The number of nitrogens with one attached hydrogen (secondary N) is 2. The van der Waals surface area contributed by atoms with Crippen molar-refractivity contribution in [1.82, 2.24) is 10.5 Å². The maximum Gasteiger partial charge on any atom is 0.344 e. The van der Waals surface area contributed by atoms with Crippen molar-refractivity contribution in [2.24, 2.45) is 0 Å². The molecule has 1 aromatic carbocycles. The molecule has 0 bridgehead atoms. The molecule has 0 saturated carbocycles. The number of hydrogen-bond acceptors (Lipinski definition) is 6. The van der Waals surface area contributed by atoms with Crippen LogP contribution in [0.3, 0.4) is 0 Å². The molecule has 0 saturated heterocycles. The van der Waals surface area contributed by atoms with E-state index in [-0.39, 0.29) is 17.4 Å². The molecule has 0 fully saturated rings. The second kappa shape index (κ2) is 8.98. The van der Waals surface area contributed by atoms with Gasteiger partial charge in [0, 0.05) is 23.7 Å². The summed E-state index contributed by atoms with van der Waals surface area (Å²) in [6, 6.07) is 6.49. The van der Waals surface area contributed by atoms with E-state index in [2.05, 4.69) is 15.8 Å². The van der Waals surface area contributed by atoms with Crippen molar-refractivity contribution in [3.05, 3.63) is 46.8 Å². The van der Waals surface area contributed by atoms with Crippen LogP contribution < -0.4 is 10.6 Å². The molecule has 8 nitrogen and oxygen atoms in total. The highest BCUT2D eigenvalue weighted by molar-refractivity contribution is 5.98. The number of ether oxygens (including phenoxy) is 1. The molecule has 1 aromatic heterocycles. The minimum Gasteiger partial charge on any atom is -0.452 e. The van der Waals surface area contributed by atoms with Crippen molar-refractivity contribution in [2.45, 2.75) is 33.6 Å². The lowest BCUT2D eigenvalue weighted by Crippen LogP contribution is -2.24. The maximum atomic E-state index is 12.3. The Labute approximate surface area is 157 Å². The zero-order valence-corrected chi connectivity index (χ0v) is 15.8. The minimum absolute atomic E-state index is 0.0421. The molecule has 27 heavy (non-hydrogen) atoms. The Kier molecular flexibility index (Phi) is 6.70. The first-order valence-corrected chi connectivity index (χ1v) is 8.64. The van der Waals surface area contributed by atoms with E-state index in [1.54, 1.807) is 31.2 Å². The van der Waals surface area contributed by atoms with Crippen molar-refractivity contribution in [3.8, 4) is 0 Å². The van der Waals surface area contributed by atoms with Crippen LogP contribution in [0, 0.1) is 6.92 Å². The minimum atomic E-state index is -0.663. The highest BCUT2D eigenvalue weighted by Crippen LogP contribution is 2.23. The molecular formula is C19H23N3O5. The first kappa shape index (κ1) is 20.2. The van der Waals surface area contributed by atoms with E-state index in [1.165, 1.54) is 0 Å². The van der Waals surface area contributed by atoms with E-state index in [9.17, 15) is 14.4 Å². The standard InChI is InChI=1S/C19H23N3O5/c1-5-20-18(24)13-7-6-8-14(9-13)21-15(23)10-26-19(25)16-12(4)22-27-17(16)11(2)3/h6-9,11H,5,10H2,1-4H3,(H,20,24)(H,21,23). The zero-order valence-electron chi connectivity index (χ0n) is 15.8. The van der Waals surface area contributed by atoms with Gasteiger partial charge in [-0.25, -0.2) is 4.79 Å². The second-order valence-electron chi connectivity index (χ2n) is 6.23. The zero-order chi connectivity index (χ0) is 20.0. The Morgan fingerprint density at radius 2 is 2.00 bits per heavy atom. The van der Waals surface area contributed by atoms with Crippen molar-refractivity contribution in [1.29, 1.82) is 0 Å². The van der Waals surface area contributed by atoms with Gasteiger partial charge in [-0.3, -0.25) is 9.59 Å². The molecule has 8 heteroatoms. The highest BCUT2D eigenvalue weighted by Gasteiger charge is 2.24. The summed E-state index contributed by atoms with van der Waals surface area (Å²) in [6.07, 6.45) is 0. The monoisotopic (exact) mass is 373 g/mol. The fraction of sp³-hybridized carbons (Fsp3) is 0.368. The van der Waals surface area contributed by atoms with Gasteiger partial charge in [0.1, 0.15) is 5.56 Å². The average Bonchev–Trinajstić information content (AvgIpc) is 3.02. The predicted molar refractivity (Wildman–Crippen MR) is 98.7 cm³/mol. The summed E-state index contributed by atoms with van der Waals surface area (Å²) in [4.78, 5) is 36.2. The van der Waals surface area contributed by atoms with Gasteiger partial charge >= 0.3 is 5.97 Å². The van der Waals surface area contributed by atoms with Gasteiger partial charge in [-0.1, -0.05) is 25.1 Å². The molecule has 0 atom stereocenters. The summed E-state index contributed by atoms with van der Waals surface area (Å²) in [5.74, 6) is -1.03.